The molecule has 4 saturated carbocycles. The Morgan fingerprint density at radius 2 is 1.55 bits per heavy atom. The Kier molecular flexibility index (Phi) is 6.48. The summed E-state index contributed by atoms with van der Waals surface area (Å²) in [4.78, 5) is 0. The van der Waals surface area contributed by atoms with Crippen LogP contribution in [0.4, 0.5) is 0 Å². The smallest absolute Gasteiger partial charge is 0.00671 e. The lowest BCUT2D eigenvalue weighted by Crippen LogP contribution is -2.55. The van der Waals surface area contributed by atoms with Crippen molar-refractivity contribution in [2.75, 3.05) is 7.05 Å². The molecule has 0 aromatic carbocycles. The van der Waals surface area contributed by atoms with Crippen molar-refractivity contribution in [3.63, 3.8) is 0 Å². The highest BCUT2D eigenvalue weighted by molar-refractivity contribution is 5.10. The Morgan fingerprint density at radius 1 is 0.828 bits per heavy atom. The largest absolute Gasteiger partial charge is 0.317 e. The summed E-state index contributed by atoms with van der Waals surface area (Å²) in [6, 6.07) is 0.793. The Morgan fingerprint density at radius 3 is 2.28 bits per heavy atom. The molecule has 0 aromatic heterocycles. The van der Waals surface area contributed by atoms with Crippen molar-refractivity contribution in [1.29, 1.82) is 0 Å². The first-order chi connectivity index (χ1) is 13.8. The quantitative estimate of drug-likeness (QED) is 0.481. The second-order valence-corrected chi connectivity index (χ2v) is 12.9. The maximum Gasteiger partial charge on any atom is 0.00671 e. The Bertz CT molecular complexity index is 555. The van der Waals surface area contributed by atoms with Gasteiger partial charge in [0, 0.05) is 6.04 Å². The average molecular weight is 402 g/mol. The van der Waals surface area contributed by atoms with Gasteiger partial charge in [-0.1, -0.05) is 53.9 Å². The molecule has 1 N–H and O–H groups in total. The molecule has 0 aliphatic heterocycles. The van der Waals surface area contributed by atoms with Gasteiger partial charge in [0.2, 0.25) is 0 Å². The van der Waals surface area contributed by atoms with Crippen LogP contribution in [0.2, 0.25) is 0 Å². The van der Waals surface area contributed by atoms with E-state index in [2.05, 4.69) is 47.0 Å². The molecule has 0 bridgehead atoms. The van der Waals surface area contributed by atoms with Gasteiger partial charge in [-0.05, 0) is 117 Å². The molecule has 0 amide bonds. The van der Waals surface area contributed by atoms with E-state index >= 15 is 0 Å². The zero-order valence-corrected chi connectivity index (χ0v) is 20.6. The average Bonchev–Trinajstić information content (AvgIpc) is 3.04. The molecular weight excluding hydrogens is 350 g/mol. The summed E-state index contributed by atoms with van der Waals surface area (Å²) >= 11 is 0. The third-order valence-corrected chi connectivity index (χ3v) is 11.3. The summed E-state index contributed by atoms with van der Waals surface area (Å²) < 4.78 is 0. The Balaban J connectivity index is 1.45. The van der Waals surface area contributed by atoms with E-state index in [0.717, 1.165) is 47.5 Å². The highest BCUT2D eigenvalue weighted by Crippen LogP contribution is 2.68. The zero-order chi connectivity index (χ0) is 20.8. The van der Waals surface area contributed by atoms with Gasteiger partial charge >= 0.3 is 0 Å². The van der Waals surface area contributed by atoms with Gasteiger partial charge in [-0.3, -0.25) is 0 Å². The second kappa shape index (κ2) is 8.48. The molecule has 1 nitrogen and oxygen atoms in total. The molecule has 4 rings (SSSR count). The van der Waals surface area contributed by atoms with Crippen LogP contribution in [0.15, 0.2) is 0 Å². The highest BCUT2D eigenvalue weighted by Gasteiger charge is 2.60. The second-order valence-electron chi connectivity index (χ2n) is 12.9. The lowest BCUT2D eigenvalue weighted by atomic mass is 9.44. The highest BCUT2D eigenvalue weighted by atomic mass is 14.9. The summed E-state index contributed by atoms with van der Waals surface area (Å²) in [5.74, 6) is 6.94. The predicted octanol–water partition coefficient (Wildman–Crippen LogP) is 7.70. The minimum absolute atomic E-state index is 0.651. The van der Waals surface area contributed by atoms with Crippen molar-refractivity contribution in [2.24, 2.45) is 52.3 Å². The summed E-state index contributed by atoms with van der Waals surface area (Å²) in [5, 5.41) is 3.61. The van der Waals surface area contributed by atoms with Crippen LogP contribution < -0.4 is 5.32 Å². The van der Waals surface area contributed by atoms with Crippen LogP contribution in [0.5, 0.6) is 0 Å². The van der Waals surface area contributed by atoms with E-state index in [4.69, 9.17) is 0 Å². The summed E-state index contributed by atoms with van der Waals surface area (Å²) in [6.07, 6.45) is 18.0. The van der Waals surface area contributed by atoms with Gasteiger partial charge in [0.15, 0.2) is 0 Å². The van der Waals surface area contributed by atoms with Gasteiger partial charge in [-0.2, -0.15) is 0 Å². The molecule has 168 valence electrons. The summed E-state index contributed by atoms with van der Waals surface area (Å²) in [5.41, 5.74) is 1.31. The minimum Gasteiger partial charge on any atom is -0.317 e. The molecule has 0 aromatic rings. The van der Waals surface area contributed by atoms with Crippen LogP contribution in [0.3, 0.4) is 0 Å². The van der Waals surface area contributed by atoms with E-state index in [1.807, 2.05) is 0 Å². The topological polar surface area (TPSA) is 12.0 Å². The van der Waals surface area contributed by atoms with Crippen LogP contribution in [0, 0.1) is 52.3 Å². The van der Waals surface area contributed by atoms with Gasteiger partial charge in [0.1, 0.15) is 0 Å². The molecule has 1 heteroatoms. The van der Waals surface area contributed by atoms with E-state index in [0.29, 0.717) is 10.8 Å². The van der Waals surface area contributed by atoms with E-state index in [1.54, 1.807) is 19.3 Å². The van der Waals surface area contributed by atoms with Crippen molar-refractivity contribution in [3.8, 4) is 0 Å². The van der Waals surface area contributed by atoms with Crippen molar-refractivity contribution < 1.29 is 0 Å². The standard InChI is InChI=1S/C28H51N/c1-19(2)8-7-9-20(3)24-12-13-25-23-11-10-21-18-22(29-6)14-16-27(21,4)26(23)15-17-28(24,25)5/h19-26,29H,7-18H2,1-6H3/t20-,21?,22+,23?,24-,25?,26?,27+,28-/m1/s1. The number of rotatable bonds is 6. The lowest BCUT2D eigenvalue weighted by Gasteiger charge is -2.61. The fourth-order valence-corrected chi connectivity index (χ4v) is 9.54. The van der Waals surface area contributed by atoms with Crippen molar-refractivity contribution in [3.05, 3.63) is 0 Å². The third kappa shape index (κ3) is 3.85. The van der Waals surface area contributed by atoms with Crippen molar-refractivity contribution in [2.45, 2.75) is 118 Å². The van der Waals surface area contributed by atoms with Gasteiger partial charge < -0.3 is 5.32 Å². The molecule has 9 atom stereocenters. The summed E-state index contributed by atoms with van der Waals surface area (Å²) in [6.45, 7) is 12.9. The van der Waals surface area contributed by atoms with Crippen LogP contribution in [-0.2, 0) is 0 Å². The normalized spacial score (nSPS) is 48.1. The molecule has 0 heterocycles. The van der Waals surface area contributed by atoms with Crippen LogP contribution in [0.25, 0.3) is 0 Å². The van der Waals surface area contributed by atoms with E-state index < -0.39 is 0 Å². The lowest BCUT2D eigenvalue weighted by molar-refractivity contribution is -0.117. The van der Waals surface area contributed by atoms with Crippen LogP contribution in [0.1, 0.15) is 112 Å². The zero-order valence-electron chi connectivity index (χ0n) is 20.6. The van der Waals surface area contributed by atoms with E-state index in [1.165, 1.54) is 57.8 Å². The first-order valence-electron chi connectivity index (χ1n) is 13.5. The fraction of sp³-hybridized carbons (Fsp3) is 1.00. The SMILES string of the molecule is CN[C@H]1CC[C@@]2(C)C(CCC3C2CC[C@@]2(C)C3CC[C@@H]2[C@H](C)CCCC(C)C)C1. The predicted molar refractivity (Wildman–Crippen MR) is 126 cm³/mol. The van der Waals surface area contributed by atoms with Crippen molar-refractivity contribution >= 4 is 0 Å². The fourth-order valence-electron chi connectivity index (χ4n) is 9.54. The molecule has 4 unspecified atom stereocenters. The first kappa shape index (κ1) is 22.2. The molecule has 0 saturated heterocycles. The van der Waals surface area contributed by atoms with Gasteiger partial charge in [0.25, 0.3) is 0 Å². The maximum absolute atomic E-state index is 3.61. The summed E-state index contributed by atoms with van der Waals surface area (Å²) in [7, 11) is 2.19. The maximum atomic E-state index is 3.61. The number of nitrogens with one attached hydrogen (secondary N) is 1. The van der Waals surface area contributed by atoms with Crippen LogP contribution >= 0.6 is 0 Å². The van der Waals surface area contributed by atoms with Crippen molar-refractivity contribution in [1.82, 2.24) is 5.32 Å². The van der Waals surface area contributed by atoms with Gasteiger partial charge in [-0.25, -0.2) is 0 Å². The molecular formula is C28H51N. The molecule has 4 fully saturated rings. The number of hydrogen-bond donors (Lipinski definition) is 1. The number of hydrogen-bond acceptors (Lipinski definition) is 1. The van der Waals surface area contributed by atoms with Crippen LogP contribution in [-0.4, -0.2) is 13.1 Å². The van der Waals surface area contributed by atoms with Gasteiger partial charge in [0.05, 0.1) is 0 Å². The van der Waals surface area contributed by atoms with E-state index in [-0.39, 0.29) is 0 Å². The van der Waals surface area contributed by atoms with E-state index in [9.17, 15) is 0 Å². The molecule has 4 aliphatic rings. The number of fused-ring (bicyclic) bond motifs is 5. The third-order valence-electron chi connectivity index (χ3n) is 11.3. The molecule has 0 radical (unpaired) electrons. The molecule has 4 aliphatic carbocycles. The molecule has 29 heavy (non-hydrogen) atoms. The Hall–Kier alpha value is -0.0400. The minimum atomic E-state index is 0.651. The Labute approximate surface area is 182 Å². The van der Waals surface area contributed by atoms with Gasteiger partial charge in [-0.15, -0.1) is 0 Å². The molecule has 0 spiro atoms. The first-order valence-corrected chi connectivity index (χ1v) is 13.5. The monoisotopic (exact) mass is 401 g/mol.